The highest BCUT2D eigenvalue weighted by Gasteiger charge is 2.32. The first-order valence-electron chi connectivity index (χ1n) is 41.9. The van der Waals surface area contributed by atoms with E-state index in [1.165, 1.54) is 38.9 Å². The highest BCUT2D eigenvalue weighted by molar-refractivity contribution is 7.81. The maximum atomic E-state index is 10.1. The molecule has 10 N–H and O–H groups in total. The maximum absolute atomic E-state index is 10.1. The van der Waals surface area contributed by atoms with Crippen molar-refractivity contribution in [3.8, 4) is 57.5 Å². The van der Waals surface area contributed by atoms with Gasteiger partial charge in [0.1, 0.15) is 0 Å². The number of thiocarbonyl (C=S) groups is 5. The highest BCUT2D eigenvalue weighted by atomic mass is 35.5. The summed E-state index contributed by atoms with van der Waals surface area (Å²) in [6, 6.07) is 72.9. The number of phenolic OH excluding ortho intramolecular Hbond substituents is 10. The first kappa shape index (κ1) is 90.4. The maximum Gasteiger partial charge on any atom is 0.157 e. The Kier molecular flexibility index (Phi) is 32.4. The van der Waals surface area contributed by atoms with E-state index in [-0.39, 0.29) is 63.5 Å². The number of aromatic hydroxyl groups is 10. The molecule has 11 aromatic carbocycles. The Morgan fingerprint density at radius 2 is 0.590 bits per heavy atom. The standard InChI is InChI=1S/C24H23NO2S.C20H22ClNO2S.C20H23NO2S.C19H21NO2S.C18H19NO2S/c26-21-15-19-13-14-25(23(28)12-11-17-7-3-1-4-8-17)24(20(19)16-22(21)27)18-9-5-2-6-10-18;1-13-5-6-14(17(21)9-13)3-2-4-20(25)22-8-7-15-10-18(23)19(24)11-16(15)12-22;1-14-5-7-15(8-6-14)3-2-4-20(24)21-10-9-16-11-18(22)19(23)12-17(16)13-21;21-17-11-15-9-10-20(13-16(15)12-18(17)22)19(23)8-4-7-14-5-2-1-3-6-14;20-16-10-14-8-9-19(12-15(14)11-17(16)21)18(22)7-6-13-4-2-1-3-5-13/h1-10,15-16,24,26-27H,11-14H2;5-6,9-11,23-24H,2-4,7-8,12H2,1H3;5-8,11-12,22-23H,2-4,9-10,13H2,1H3;1-3,5-6,11-12,21-22H,4,7-10,13H2;1-5,10-11,20-21H,6-9,12H2. The Labute approximate surface area is 749 Å². The number of benzene rings is 11. The Morgan fingerprint density at radius 3 is 0.967 bits per heavy atom. The number of fused-ring (bicyclic) bond motifs is 5. The van der Waals surface area contributed by atoms with E-state index in [9.17, 15) is 51.1 Å². The molecule has 11 aromatic rings. The van der Waals surface area contributed by atoms with Gasteiger partial charge >= 0.3 is 0 Å². The van der Waals surface area contributed by atoms with Crippen molar-refractivity contribution in [2.45, 2.75) is 162 Å². The van der Waals surface area contributed by atoms with Gasteiger partial charge in [-0.05, 0) is 278 Å². The second-order valence-electron chi connectivity index (χ2n) is 32.0. The van der Waals surface area contributed by atoms with Gasteiger partial charge in [0, 0.05) is 76.8 Å². The van der Waals surface area contributed by atoms with Crippen molar-refractivity contribution < 1.29 is 51.1 Å². The number of rotatable bonds is 19. The van der Waals surface area contributed by atoms with Crippen molar-refractivity contribution in [3.05, 3.63) is 330 Å². The van der Waals surface area contributed by atoms with Crippen molar-refractivity contribution in [3.63, 3.8) is 0 Å². The first-order valence-corrected chi connectivity index (χ1v) is 44.4. The summed E-state index contributed by atoms with van der Waals surface area (Å²) in [5.74, 6) is -0.561. The largest absolute Gasteiger partial charge is 0.504 e. The van der Waals surface area contributed by atoms with Crippen LogP contribution in [0.3, 0.4) is 0 Å². The molecule has 0 aliphatic carbocycles. The SMILES string of the molecule is Cc1ccc(CCCC(=S)N2CCc3cc(O)c(O)cc3C2)c(Cl)c1.Cc1ccc(CCCC(=S)N2CCc3cc(O)c(O)cc3C2)cc1.Oc1cc2c(cc1O)C(c1ccccc1)N(C(=S)CCc1ccccc1)CC2.Oc1cc2c(cc1O)CN(C(=S)CCCc1ccccc1)CC2.Oc1cc2c(cc1O)CN(C(=S)CCc1ccccc1)CC2. The molecule has 0 saturated carbocycles. The molecule has 0 radical (unpaired) electrons. The van der Waals surface area contributed by atoms with Gasteiger partial charge in [0.25, 0.3) is 0 Å². The molecule has 1 atom stereocenters. The van der Waals surface area contributed by atoms with Gasteiger partial charge in [-0.25, -0.2) is 0 Å². The Morgan fingerprint density at radius 1 is 0.295 bits per heavy atom. The van der Waals surface area contributed by atoms with Crippen molar-refractivity contribution in [1.82, 2.24) is 24.5 Å². The molecule has 16 rings (SSSR count). The summed E-state index contributed by atoms with van der Waals surface area (Å²) < 4.78 is 0. The van der Waals surface area contributed by atoms with Crippen LogP contribution in [0.25, 0.3) is 0 Å². The molecule has 634 valence electrons. The smallest absolute Gasteiger partial charge is 0.157 e. The van der Waals surface area contributed by atoms with Gasteiger partial charge in [0.2, 0.25) is 0 Å². The number of halogens is 1. The molecule has 0 fully saturated rings. The molecule has 122 heavy (non-hydrogen) atoms. The van der Waals surface area contributed by atoms with Gasteiger partial charge in [-0.2, -0.15) is 0 Å². The van der Waals surface area contributed by atoms with Crippen LogP contribution in [0.5, 0.6) is 57.5 Å². The van der Waals surface area contributed by atoms with Gasteiger partial charge in [-0.3, -0.25) is 0 Å². The summed E-state index contributed by atoms with van der Waals surface area (Å²) in [7, 11) is 0. The van der Waals surface area contributed by atoms with Crippen LogP contribution in [0.4, 0.5) is 0 Å². The minimum Gasteiger partial charge on any atom is -0.504 e. The van der Waals surface area contributed by atoms with Crippen LogP contribution >= 0.6 is 72.7 Å². The molecule has 21 heteroatoms. The third-order valence-electron chi connectivity index (χ3n) is 23.2. The average Bonchev–Trinajstić information content (AvgIpc) is 0.766. The lowest BCUT2D eigenvalue weighted by molar-refractivity contribution is 0.333. The van der Waals surface area contributed by atoms with E-state index in [4.69, 9.17) is 72.7 Å². The molecular formula is C101H108ClN5O10S5. The minimum atomic E-state index is -0.0864. The summed E-state index contributed by atoms with van der Waals surface area (Å²) in [5, 5.41) is 97.9. The van der Waals surface area contributed by atoms with Gasteiger partial charge < -0.3 is 75.6 Å². The molecule has 5 aliphatic heterocycles. The van der Waals surface area contributed by atoms with E-state index < -0.39 is 0 Å². The summed E-state index contributed by atoms with van der Waals surface area (Å²) in [4.78, 5) is 15.9. The van der Waals surface area contributed by atoms with Crippen LogP contribution < -0.4 is 0 Å². The minimum absolute atomic E-state index is 0.0390. The molecule has 0 spiro atoms. The number of aryl methyl sites for hydroxylation is 7. The Hall–Kier alpha value is -10.8. The van der Waals surface area contributed by atoms with Crippen molar-refractivity contribution in [2.75, 3.05) is 32.7 Å². The predicted molar refractivity (Wildman–Crippen MR) is 509 cm³/mol. The second kappa shape index (κ2) is 43.8. The van der Waals surface area contributed by atoms with Crippen LogP contribution in [0.2, 0.25) is 5.02 Å². The third-order valence-corrected chi connectivity index (χ3v) is 25.8. The molecule has 0 saturated heterocycles. The molecule has 1 unspecified atom stereocenters. The van der Waals surface area contributed by atoms with Crippen LogP contribution in [0.15, 0.2) is 224 Å². The number of nitrogens with zero attached hydrogens (tertiary/aromatic N) is 5. The van der Waals surface area contributed by atoms with Crippen LogP contribution in [0, 0.1) is 13.8 Å². The Balaban J connectivity index is 0.000000140. The monoisotopic (exact) mass is 1750 g/mol. The fourth-order valence-electron chi connectivity index (χ4n) is 16.2. The second-order valence-corrected chi connectivity index (χ2v) is 34.8. The van der Waals surface area contributed by atoms with E-state index in [2.05, 4.69) is 141 Å². The summed E-state index contributed by atoms with van der Waals surface area (Å²) in [6.07, 6.45) is 16.4. The highest BCUT2D eigenvalue weighted by Crippen LogP contribution is 2.42. The summed E-state index contributed by atoms with van der Waals surface area (Å²) in [5.41, 5.74) is 20.7. The van der Waals surface area contributed by atoms with E-state index in [1.54, 1.807) is 60.7 Å². The number of hydrogen-bond donors (Lipinski definition) is 10. The quantitative estimate of drug-likeness (QED) is 0.0269. The average molecular weight is 1750 g/mol. The zero-order chi connectivity index (χ0) is 86.3. The lowest BCUT2D eigenvalue weighted by atomic mass is 9.87. The molecule has 0 bridgehead atoms. The normalized spacial score (nSPS) is 14.2. The lowest BCUT2D eigenvalue weighted by Gasteiger charge is -2.39. The molecular weight excluding hydrogens is 1640 g/mol. The van der Waals surface area contributed by atoms with Crippen molar-refractivity contribution in [1.29, 1.82) is 0 Å². The molecule has 15 nitrogen and oxygen atoms in total. The Bertz CT molecular complexity index is 5460. The van der Waals surface area contributed by atoms with Crippen LogP contribution in [-0.2, 0) is 90.4 Å². The predicted octanol–water partition coefficient (Wildman–Crippen LogP) is 21.1. The third kappa shape index (κ3) is 25.2. The van der Waals surface area contributed by atoms with E-state index in [0.29, 0.717) is 26.2 Å². The van der Waals surface area contributed by atoms with Gasteiger partial charge in [-0.15, -0.1) is 0 Å². The van der Waals surface area contributed by atoms with Crippen molar-refractivity contribution >= 4 is 97.6 Å². The van der Waals surface area contributed by atoms with Gasteiger partial charge in [-0.1, -0.05) is 236 Å². The van der Waals surface area contributed by atoms with Gasteiger partial charge in [0.05, 0.1) is 31.0 Å². The molecule has 5 heterocycles. The zero-order valence-electron chi connectivity index (χ0n) is 69.2. The topological polar surface area (TPSA) is 218 Å². The fraction of sp³-hybridized carbons (Fsp3) is 0.297. The molecule has 0 aromatic heterocycles. The van der Waals surface area contributed by atoms with Crippen LogP contribution in [0.1, 0.15) is 158 Å². The number of phenols is 10. The lowest BCUT2D eigenvalue weighted by Crippen LogP contribution is -2.39. The summed E-state index contributed by atoms with van der Waals surface area (Å²) in [6.45, 7) is 11.2. The molecule has 5 aliphatic rings. The first-order chi connectivity index (χ1) is 58.9. The zero-order valence-corrected chi connectivity index (χ0v) is 74.0. The van der Waals surface area contributed by atoms with Crippen LogP contribution in [-0.4, -0.2) is 133 Å². The van der Waals surface area contributed by atoms with E-state index >= 15 is 0 Å². The number of hydrogen-bond acceptors (Lipinski definition) is 15. The van der Waals surface area contributed by atoms with Crippen molar-refractivity contribution in [2.24, 2.45) is 0 Å². The summed E-state index contributed by atoms with van der Waals surface area (Å²) >= 11 is 34.5. The van der Waals surface area contributed by atoms with E-state index in [1.807, 2.05) is 61.5 Å². The van der Waals surface area contributed by atoms with E-state index in [0.717, 1.165) is 239 Å². The fourth-order valence-corrected chi connectivity index (χ4v) is 18.0. The van der Waals surface area contributed by atoms with Gasteiger partial charge in [0.15, 0.2) is 57.5 Å². The molecule has 0 amide bonds.